The highest BCUT2D eigenvalue weighted by molar-refractivity contribution is 7.16. The Labute approximate surface area is 110 Å². The van der Waals surface area contributed by atoms with E-state index in [1.165, 1.54) is 23.4 Å². The average Bonchev–Trinajstić information content (AvgIpc) is 2.84. The topological polar surface area (TPSA) is 66.0 Å². The Morgan fingerprint density at radius 1 is 1.53 bits per heavy atom. The molecule has 17 heavy (non-hydrogen) atoms. The Morgan fingerprint density at radius 2 is 2.35 bits per heavy atom. The SMILES string of the molecule is CNC(=O)Nc1nc2c(s1)[C@@H]1CC[C@H](C2)N1.Cl. The summed E-state index contributed by atoms with van der Waals surface area (Å²) in [7, 11) is 1.60. The van der Waals surface area contributed by atoms with Gasteiger partial charge in [0.15, 0.2) is 5.13 Å². The number of carbonyl (C=O) groups is 1. The number of carbonyl (C=O) groups excluding carboxylic acids is 1. The van der Waals surface area contributed by atoms with Gasteiger partial charge >= 0.3 is 6.03 Å². The molecular formula is C10H15ClN4OS. The minimum absolute atomic E-state index is 0. The summed E-state index contributed by atoms with van der Waals surface area (Å²) in [5.74, 6) is 0. The summed E-state index contributed by atoms with van der Waals surface area (Å²) in [6.45, 7) is 0. The van der Waals surface area contributed by atoms with Gasteiger partial charge < -0.3 is 10.6 Å². The number of nitrogens with zero attached hydrogens (tertiary/aromatic N) is 1. The first-order valence-corrected chi connectivity index (χ1v) is 6.32. The summed E-state index contributed by atoms with van der Waals surface area (Å²) in [5.41, 5.74) is 1.17. The molecule has 7 heteroatoms. The van der Waals surface area contributed by atoms with Gasteiger partial charge in [0.2, 0.25) is 0 Å². The molecule has 0 radical (unpaired) electrons. The maximum absolute atomic E-state index is 11.2. The first kappa shape index (κ1) is 12.6. The van der Waals surface area contributed by atoms with Crippen molar-refractivity contribution in [2.75, 3.05) is 12.4 Å². The molecular weight excluding hydrogens is 260 g/mol. The zero-order valence-corrected chi connectivity index (χ0v) is 11.1. The van der Waals surface area contributed by atoms with Gasteiger partial charge in [0.25, 0.3) is 0 Å². The van der Waals surface area contributed by atoms with E-state index in [4.69, 9.17) is 0 Å². The van der Waals surface area contributed by atoms with Crippen LogP contribution in [-0.4, -0.2) is 24.1 Å². The number of hydrogen-bond acceptors (Lipinski definition) is 4. The molecule has 1 saturated heterocycles. The van der Waals surface area contributed by atoms with Gasteiger partial charge in [-0.25, -0.2) is 9.78 Å². The van der Waals surface area contributed by atoms with Crippen molar-refractivity contribution in [1.29, 1.82) is 0 Å². The van der Waals surface area contributed by atoms with E-state index in [-0.39, 0.29) is 18.4 Å². The molecule has 3 heterocycles. The minimum atomic E-state index is -0.204. The second kappa shape index (κ2) is 4.80. The third-order valence-electron chi connectivity index (χ3n) is 3.17. The van der Waals surface area contributed by atoms with E-state index in [1.807, 2.05) is 0 Å². The first-order chi connectivity index (χ1) is 7.76. The lowest BCUT2D eigenvalue weighted by atomic mass is 10.1. The van der Waals surface area contributed by atoms with E-state index in [9.17, 15) is 4.79 Å². The quantitative estimate of drug-likeness (QED) is 0.730. The number of rotatable bonds is 1. The second-order valence-electron chi connectivity index (χ2n) is 4.23. The van der Waals surface area contributed by atoms with Gasteiger partial charge in [-0.05, 0) is 12.8 Å². The summed E-state index contributed by atoms with van der Waals surface area (Å²) in [4.78, 5) is 17.0. The molecule has 0 aromatic carbocycles. The fourth-order valence-electron chi connectivity index (χ4n) is 2.42. The summed E-state index contributed by atoms with van der Waals surface area (Å²) in [6, 6.07) is 0.850. The maximum Gasteiger partial charge on any atom is 0.320 e. The van der Waals surface area contributed by atoms with Crippen LogP contribution in [0.25, 0.3) is 0 Å². The van der Waals surface area contributed by atoms with Gasteiger partial charge in [-0.2, -0.15) is 0 Å². The van der Waals surface area contributed by atoms with Crippen molar-refractivity contribution in [2.24, 2.45) is 0 Å². The van der Waals surface area contributed by atoms with Crippen LogP contribution < -0.4 is 16.0 Å². The van der Waals surface area contributed by atoms with Crippen LogP contribution in [0.2, 0.25) is 0 Å². The maximum atomic E-state index is 11.2. The third-order valence-corrected chi connectivity index (χ3v) is 4.30. The number of fused-ring (bicyclic) bond motifs is 4. The lowest BCUT2D eigenvalue weighted by Gasteiger charge is -2.19. The van der Waals surface area contributed by atoms with Gasteiger partial charge in [0, 0.05) is 30.4 Å². The molecule has 3 N–H and O–H groups in total. The van der Waals surface area contributed by atoms with Crippen LogP contribution >= 0.6 is 23.7 Å². The molecule has 1 aromatic heterocycles. The Morgan fingerprint density at radius 3 is 3.12 bits per heavy atom. The Balaban J connectivity index is 0.00000108. The monoisotopic (exact) mass is 274 g/mol. The van der Waals surface area contributed by atoms with Crippen molar-refractivity contribution in [2.45, 2.75) is 31.3 Å². The highest BCUT2D eigenvalue weighted by atomic mass is 35.5. The molecule has 94 valence electrons. The van der Waals surface area contributed by atoms with E-state index in [1.54, 1.807) is 18.4 Å². The van der Waals surface area contributed by atoms with Crippen molar-refractivity contribution < 1.29 is 4.79 Å². The van der Waals surface area contributed by atoms with Crippen LogP contribution in [0.1, 0.15) is 29.5 Å². The molecule has 2 bridgehead atoms. The zero-order valence-electron chi connectivity index (χ0n) is 9.45. The van der Waals surface area contributed by atoms with Gasteiger partial charge in [0.1, 0.15) is 0 Å². The molecule has 2 aliphatic rings. The van der Waals surface area contributed by atoms with Gasteiger partial charge in [-0.15, -0.1) is 12.4 Å². The fraction of sp³-hybridized carbons (Fsp3) is 0.600. The van der Waals surface area contributed by atoms with Crippen LogP contribution in [0.3, 0.4) is 0 Å². The standard InChI is InChI=1S/C10H14N4OS.ClH/c1-11-9(15)14-10-13-7-4-5-2-3-6(12-5)8(7)16-10;/h5-6,12H,2-4H2,1H3,(H2,11,13,14,15);1H/t5-,6+;/m1./s1. The van der Waals surface area contributed by atoms with E-state index >= 15 is 0 Å². The second-order valence-corrected chi connectivity index (χ2v) is 5.26. The molecule has 1 aromatic rings. The predicted octanol–water partition coefficient (Wildman–Crippen LogP) is 1.67. The smallest absolute Gasteiger partial charge is 0.320 e. The van der Waals surface area contributed by atoms with Crippen molar-refractivity contribution in [3.05, 3.63) is 10.6 Å². The van der Waals surface area contributed by atoms with Crippen LogP contribution in [0.15, 0.2) is 0 Å². The number of nitrogens with one attached hydrogen (secondary N) is 3. The van der Waals surface area contributed by atoms with Gasteiger partial charge in [-0.3, -0.25) is 5.32 Å². The average molecular weight is 275 g/mol. The number of hydrogen-bond donors (Lipinski definition) is 3. The third kappa shape index (κ3) is 2.25. The lowest BCUT2D eigenvalue weighted by Crippen LogP contribution is -2.31. The summed E-state index contributed by atoms with van der Waals surface area (Å²) in [6.07, 6.45) is 3.43. The van der Waals surface area contributed by atoms with Crippen molar-refractivity contribution >= 4 is 34.9 Å². The van der Waals surface area contributed by atoms with Crippen LogP contribution in [0, 0.1) is 0 Å². The number of halogens is 1. The first-order valence-electron chi connectivity index (χ1n) is 5.50. The number of anilines is 1. The minimum Gasteiger partial charge on any atom is -0.341 e. The number of aromatic nitrogens is 1. The van der Waals surface area contributed by atoms with Crippen molar-refractivity contribution in [1.82, 2.24) is 15.6 Å². The summed E-state index contributed by atoms with van der Waals surface area (Å²) in [5, 5.41) is 9.54. The molecule has 0 saturated carbocycles. The van der Waals surface area contributed by atoms with Crippen LogP contribution in [-0.2, 0) is 6.42 Å². The lowest BCUT2D eigenvalue weighted by molar-refractivity contribution is 0.254. The molecule has 0 spiro atoms. The molecule has 1 fully saturated rings. The number of amides is 2. The number of urea groups is 1. The van der Waals surface area contributed by atoms with Crippen molar-refractivity contribution in [3.63, 3.8) is 0 Å². The normalized spacial score (nSPS) is 24.8. The van der Waals surface area contributed by atoms with Gasteiger partial charge in [0.05, 0.1) is 5.69 Å². The highest BCUT2D eigenvalue weighted by Gasteiger charge is 2.34. The number of thiazole rings is 1. The molecule has 3 rings (SSSR count). The molecule has 2 atom stereocenters. The Hall–Kier alpha value is -0.850. The molecule has 5 nitrogen and oxygen atoms in total. The fourth-order valence-corrected chi connectivity index (χ4v) is 3.50. The largest absolute Gasteiger partial charge is 0.341 e. The van der Waals surface area contributed by atoms with E-state index in [2.05, 4.69) is 20.9 Å². The highest BCUT2D eigenvalue weighted by Crippen LogP contribution is 2.40. The Kier molecular flexibility index (Phi) is 3.56. The predicted molar refractivity (Wildman–Crippen MR) is 70.0 cm³/mol. The molecule has 0 unspecified atom stereocenters. The molecule has 2 amide bonds. The summed E-state index contributed by atoms with van der Waals surface area (Å²) < 4.78 is 0. The van der Waals surface area contributed by atoms with E-state index in [0.717, 1.165) is 6.42 Å². The van der Waals surface area contributed by atoms with Gasteiger partial charge in [-0.1, -0.05) is 11.3 Å². The van der Waals surface area contributed by atoms with E-state index < -0.39 is 0 Å². The molecule has 0 aliphatic carbocycles. The van der Waals surface area contributed by atoms with Crippen LogP contribution in [0.4, 0.5) is 9.93 Å². The molecule has 2 aliphatic heterocycles. The van der Waals surface area contributed by atoms with E-state index in [0.29, 0.717) is 17.2 Å². The Bertz CT molecular complexity index is 436. The zero-order chi connectivity index (χ0) is 11.1. The summed E-state index contributed by atoms with van der Waals surface area (Å²) >= 11 is 1.59. The van der Waals surface area contributed by atoms with Crippen molar-refractivity contribution in [3.8, 4) is 0 Å². The van der Waals surface area contributed by atoms with Crippen LogP contribution in [0.5, 0.6) is 0 Å².